The molecule has 3 nitrogen and oxygen atoms in total. The standard InChI is InChI=1S/C5H2Cl3NO2/c6-2-1-9(11)5(10)4(8)3(2)7/h1,11H. The van der Waals surface area contributed by atoms with Crippen LogP contribution in [0.3, 0.4) is 0 Å². The molecular formula is C5H2Cl3NO2. The summed E-state index contributed by atoms with van der Waals surface area (Å²) in [4.78, 5) is 10.8. The lowest BCUT2D eigenvalue weighted by atomic mass is 10.5. The highest BCUT2D eigenvalue weighted by molar-refractivity contribution is 6.47. The lowest BCUT2D eigenvalue weighted by Gasteiger charge is -1.99. The van der Waals surface area contributed by atoms with E-state index in [9.17, 15) is 4.79 Å². The molecule has 0 aliphatic rings. The van der Waals surface area contributed by atoms with Gasteiger partial charge in [-0.05, 0) is 0 Å². The van der Waals surface area contributed by atoms with Gasteiger partial charge in [0, 0.05) is 0 Å². The smallest absolute Gasteiger partial charge is 0.303 e. The number of halogens is 3. The van der Waals surface area contributed by atoms with Gasteiger partial charge in [0.15, 0.2) is 0 Å². The van der Waals surface area contributed by atoms with Crippen molar-refractivity contribution >= 4 is 34.8 Å². The topological polar surface area (TPSA) is 42.2 Å². The van der Waals surface area contributed by atoms with E-state index in [-0.39, 0.29) is 19.8 Å². The maximum atomic E-state index is 10.8. The Morgan fingerprint density at radius 3 is 2.36 bits per heavy atom. The highest BCUT2D eigenvalue weighted by atomic mass is 35.5. The summed E-state index contributed by atoms with van der Waals surface area (Å²) in [6.07, 6.45) is 0.970. The van der Waals surface area contributed by atoms with Crippen molar-refractivity contribution in [3.8, 4) is 0 Å². The normalized spacial score (nSPS) is 10.1. The molecule has 60 valence electrons. The molecule has 1 aromatic rings. The fraction of sp³-hybridized carbons (Fsp3) is 0. The van der Waals surface area contributed by atoms with E-state index in [4.69, 9.17) is 40.0 Å². The predicted octanol–water partition coefficient (Wildman–Crippen LogP) is 2.05. The van der Waals surface area contributed by atoms with Gasteiger partial charge in [0.25, 0.3) is 0 Å². The van der Waals surface area contributed by atoms with E-state index in [0.29, 0.717) is 0 Å². The molecule has 0 unspecified atom stereocenters. The Balaban J connectivity index is 3.59. The fourth-order valence-electron chi connectivity index (χ4n) is 0.522. The molecule has 6 heteroatoms. The minimum Gasteiger partial charge on any atom is -0.425 e. The molecule has 0 radical (unpaired) electrons. The van der Waals surface area contributed by atoms with Crippen LogP contribution in [0.15, 0.2) is 11.0 Å². The summed E-state index contributed by atoms with van der Waals surface area (Å²) in [5.41, 5.74) is -0.791. The van der Waals surface area contributed by atoms with Crippen LogP contribution in [0, 0.1) is 0 Å². The zero-order valence-electron chi connectivity index (χ0n) is 5.01. The minimum absolute atomic E-state index is 0.0266. The minimum atomic E-state index is -0.791. The van der Waals surface area contributed by atoms with Crippen LogP contribution in [-0.2, 0) is 0 Å². The van der Waals surface area contributed by atoms with Crippen molar-refractivity contribution in [2.24, 2.45) is 0 Å². The maximum Gasteiger partial charge on any atom is 0.303 e. The van der Waals surface area contributed by atoms with Gasteiger partial charge in [0.05, 0.1) is 16.2 Å². The van der Waals surface area contributed by atoms with Crippen molar-refractivity contribution < 1.29 is 5.21 Å². The molecular weight excluding hydrogens is 212 g/mol. The second kappa shape index (κ2) is 2.93. The molecule has 0 saturated carbocycles. The Morgan fingerprint density at radius 2 is 1.82 bits per heavy atom. The van der Waals surface area contributed by atoms with Crippen LogP contribution in [0.5, 0.6) is 0 Å². The Bertz CT molecular complexity index is 346. The summed E-state index contributed by atoms with van der Waals surface area (Å²) in [7, 11) is 0. The van der Waals surface area contributed by atoms with Crippen LogP contribution in [-0.4, -0.2) is 9.94 Å². The number of hydrogen-bond donors (Lipinski definition) is 1. The second-order valence-corrected chi connectivity index (χ2v) is 2.92. The molecule has 1 N–H and O–H groups in total. The van der Waals surface area contributed by atoms with Crippen LogP contribution in [0.25, 0.3) is 0 Å². The van der Waals surface area contributed by atoms with Gasteiger partial charge in [0.2, 0.25) is 0 Å². The van der Waals surface area contributed by atoms with Gasteiger partial charge in [-0.1, -0.05) is 34.8 Å². The summed E-state index contributed by atoms with van der Waals surface area (Å²) in [6, 6.07) is 0. The van der Waals surface area contributed by atoms with E-state index in [1.54, 1.807) is 0 Å². The molecule has 1 rings (SSSR count). The van der Waals surface area contributed by atoms with E-state index < -0.39 is 5.56 Å². The van der Waals surface area contributed by atoms with Crippen LogP contribution in [0.1, 0.15) is 0 Å². The van der Waals surface area contributed by atoms with Crippen molar-refractivity contribution in [3.05, 3.63) is 31.6 Å². The molecule has 11 heavy (non-hydrogen) atoms. The highest BCUT2D eigenvalue weighted by Gasteiger charge is 2.09. The molecule has 0 aliphatic heterocycles. The van der Waals surface area contributed by atoms with E-state index >= 15 is 0 Å². The molecule has 0 aromatic carbocycles. The van der Waals surface area contributed by atoms with Crippen molar-refractivity contribution in [2.45, 2.75) is 0 Å². The van der Waals surface area contributed by atoms with Crippen LogP contribution in [0.2, 0.25) is 15.1 Å². The number of rotatable bonds is 0. The van der Waals surface area contributed by atoms with Crippen molar-refractivity contribution in [3.63, 3.8) is 0 Å². The Kier molecular flexibility index (Phi) is 2.32. The second-order valence-electron chi connectivity index (χ2n) is 1.75. The van der Waals surface area contributed by atoms with Gasteiger partial charge >= 0.3 is 5.56 Å². The average molecular weight is 214 g/mol. The predicted molar refractivity (Wildman–Crippen MR) is 42.9 cm³/mol. The molecule has 1 aromatic heterocycles. The largest absolute Gasteiger partial charge is 0.425 e. The molecule has 0 saturated heterocycles. The van der Waals surface area contributed by atoms with E-state index in [0.717, 1.165) is 6.20 Å². The number of pyridine rings is 1. The Labute approximate surface area is 76.7 Å². The van der Waals surface area contributed by atoms with Gasteiger partial charge in [-0.2, -0.15) is 4.73 Å². The summed E-state index contributed by atoms with van der Waals surface area (Å²) < 4.78 is 0.274. The summed E-state index contributed by atoms with van der Waals surface area (Å²) in [6.45, 7) is 0. The van der Waals surface area contributed by atoms with Crippen LogP contribution in [0.4, 0.5) is 0 Å². The van der Waals surface area contributed by atoms with Gasteiger partial charge in [-0.25, -0.2) is 0 Å². The molecule has 0 fully saturated rings. The first kappa shape index (κ1) is 8.71. The third-order valence-electron chi connectivity index (χ3n) is 1.03. The zero-order valence-corrected chi connectivity index (χ0v) is 7.28. The van der Waals surface area contributed by atoms with Crippen molar-refractivity contribution in [2.75, 3.05) is 0 Å². The lowest BCUT2D eigenvalue weighted by Crippen LogP contribution is -2.17. The zero-order chi connectivity index (χ0) is 8.59. The monoisotopic (exact) mass is 213 g/mol. The molecule has 0 bridgehead atoms. The SMILES string of the molecule is O=c1c(Cl)c(Cl)c(Cl)cn1O. The first-order chi connectivity index (χ1) is 5.04. The molecule has 0 spiro atoms. The number of nitrogens with zero attached hydrogens (tertiary/aromatic N) is 1. The van der Waals surface area contributed by atoms with E-state index in [2.05, 4.69) is 0 Å². The summed E-state index contributed by atoms with van der Waals surface area (Å²) in [5, 5.41) is 8.47. The van der Waals surface area contributed by atoms with Crippen LogP contribution >= 0.6 is 34.8 Å². The highest BCUT2D eigenvalue weighted by Crippen LogP contribution is 2.25. The van der Waals surface area contributed by atoms with Gasteiger partial charge in [-0.15, -0.1) is 0 Å². The van der Waals surface area contributed by atoms with Crippen molar-refractivity contribution in [1.29, 1.82) is 0 Å². The first-order valence-electron chi connectivity index (χ1n) is 2.49. The van der Waals surface area contributed by atoms with E-state index in [1.165, 1.54) is 0 Å². The van der Waals surface area contributed by atoms with Gasteiger partial charge in [-0.3, -0.25) is 4.79 Å². The molecule has 0 amide bonds. The third-order valence-corrected chi connectivity index (χ3v) is 2.26. The van der Waals surface area contributed by atoms with Gasteiger partial charge in [0.1, 0.15) is 5.02 Å². The van der Waals surface area contributed by atoms with Gasteiger partial charge < -0.3 is 5.21 Å². The number of aromatic nitrogens is 1. The first-order valence-corrected chi connectivity index (χ1v) is 3.63. The third kappa shape index (κ3) is 1.45. The summed E-state index contributed by atoms with van der Waals surface area (Å²) >= 11 is 16.3. The fourth-order valence-corrected chi connectivity index (χ4v) is 1.08. The quantitative estimate of drug-likeness (QED) is 0.672. The Morgan fingerprint density at radius 1 is 1.27 bits per heavy atom. The van der Waals surface area contributed by atoms with Crippen molar-refractivity contribution in [1.82, 2.24) is 4.73 Å². The molecule has 0 atom stereocenters. The average Bonchev–Trinajstić information content (AvgIpc) is 1.97. The maximum absolute atomic E-state index is 10.8. The van der Waals surface area contributed by atoms with Crippen LogP contribution < -0.4 is 5.56 Å². The summed E-state index contributed by atoms with van der Waals surface area (Å²) in [5.74, 6) is 0. The van der Waals surface area contributed by atoms with E-state index in [1.807, 2.05) is 0 Å². The molecule has 1 heterocycles. The Hall–Kier alpha value is -0.380. The lowest BCUT2D eigenvalue weighted by molar-refractivity contribution is 0.175. The number of hydrogen-bond acceptors (Lipinski definition) is 2. The molecule has 0 aliphatic carbocycles.